The lowest BCUT2D eigenvalue weighted by Crippen LogP contribution is -2.54. The Bertz CT molecular complexity index is 804. The van der Waals surface area contributed by atoms with Crippen LogP contribution in [0.1, 0.15) is 84.5 Å². The highest BCUT2D eigenvalue weighted by Gasteiger charge is 2.59. The molecule has 0 radical (unpaired) electrons. The fourth-order valence-corrected chi connectivity index (χ4v) is 8.40. The highest BCUT2D eigenvalue weighted by molar-refractivity contribution is 5.81. The number of fused-ring (bicyclic) bond motifs is 5. The summed E-state index contributed by atoms with van der Waals surface area (Å²) in [6, 6.07) is 0. The van der Waals surface area contributed by atoms with E-state index < -0.39 is 5.97 Å². The van der Waals surface area contributed by atoms with E-state index in [0.717, 1.165) is 37.5 Å². The molecule has 0 amide bonds. The van der Waals surface area contributed by atoms with Gasteiger partial charge in [0, 0.05) is 6.08 Å². The van der Waals surface area contributed by atoms with E-state index in [9.17, 15) is 14.4 Å². The zero-order valence-corrected chi connectivity index (χ0v) is 20.4. The molecule has 0 bridgehead atoms. The first-order valence-electron chi connectivity index (χ1n) is 12.8. The minimum atomic E-state index is -0.958. The van der Waals surface area contributed by atoms with Gasteiger partial charge in [-0.15, -0.1) is 0 Å². The fraction of sp³-hybridized carbons (Fsp3) is 0.815. The monoisotopic (exact) mass is 460 g/mol. The number of esters is 2. The molecule has 4 fully saturated rings. The van der Waals surface area contributed by atoms with Crippen LogP contribution in [0.4, 0.5) is 0 Å². The van der Waals surface area contributed by atoms with Gasteiger partial charge in [-0.3, -0.25) is 9.59 Å². The summed E-state index contributed by atoms with van der Waals surface area (Å²) in [6.45, 7) is 4.94. The molecule has 0 aromatic heterocycles. The Morgan fingerprint density at radius 3 is 2.39 bits per heavy atom. The van der Waals surface area contributed by atoms with E-state index >= 15 is 0 Å². The average molecular weight is 461 g/mol. The molecular formula is C27H40O6. The average Bonchev–Trinajstić information content (AvgIpc) is 3.12. The Kier molecular flexibility index (Phi) is 6.93. The predicted octanol–water partition coefficient (Wildman–Crippen LogP) is 5.15. The summed E-state index contributed by atoms with van der Waals surface area (Å²) in [7, 11) is 1.43. The highest BCUT2D eigenvalue weighted by Crippen LogP contribution is 2.67. The van der Waals surface area contributed by atoms with Gasteiger partial charge in [0.05, 0.1) is 20.0 Å². The predicted molar refractivity (Wildman–Crippen MR) is 123 cm³/mol. The summed E-state index contributed by atoms with van der Waals surface area (Å²) in [5, 5.41) is 8.80. The molecule has 4 rings (SSSR count). The first kappa shape index (κ1) is 24.3. The van der Waals surface area contributed by atoms with Crippen molar-refractivity contribution in [3.63, 3.8) is 0 Å². The van der Waals surface area contributed by atoms with Crippen LogP contribution in [0.3, 0.4) is 0 Å². The van der Waals surface area contributed by atoms with Crippen molar-refractivity contribution in [2.75, 3.05) is 7.11 Å². The van der Waals surface area contributed by atoms with Gasteiger partial charge in [0.15, 0.2) is 0 Å². The third-order valence-electron chi connectivity index (χ3n) is 10.2. The van der Waals surface area contributed by atoms with Gasteiger partial charge in [-0.05, 0) is 98.2 Å². The second kappa shape index (κ2) is 9.42. The second-order valence-electron chi connectivity index (χ2n) is 11.5. The molecule has 4 aliphatic rings. The minimum absolute atomic E-state index is 0.0374. The normalized spacial score (nSPS) is 42.2. The molecule has 6 heteroatoms. The van der Waals surface area contributed by atoms with Crippen molar-refractivity contribution in [1.29, 1.82) is 0 Å². The van der Waals surface area contributed by atoms with E-state index in [0.29, 0.717) is 23.2 Å². The van der Waals surface area contributed by atoms with Crippen LogP contribution in [-0.4, -0.2) is 36.2 Å². The largest absolute Gasteiger partial charge is 0.481 e. The van der Waals surface area contributed by atoms with Gasteiger partial charge in [-0.2, -0.15) is 0 Å². The fourth-order valence-electron chi connectivity index (χ4n) is 8.40. The maximum atomic E-state index is 12.1. The number of carboxylic acids is 1. The molecule has 0 saturated heterocycles. The quantitative estimate of drug-likeness (QED) is 0.435. The number of aliphatic carboxylic acids is 1. The van der Waals surface area contributed by atoms with Crippen LogP contribution in [0.2, 0.25) is 0 Å². The Labute approximate surface area is 197 Å². The van der Waals surface area contributed by atoms with E-state index in [2.05, 4.69) is 19.9 Å². The number of carboxylic acid groups (broad SMARTS) is 1. The molecular weight excluding hydrogens is 420 g/mol. The molecule has 6 nitrogen and oxygen atoms in total. The number of ether oxygens (including phenoxy) is 2. The lowest BCUT2D eigenvalue weighted by atomic mass is 9.44. The molecule has 1 N–H and O–H groups in total. The Balaban J connectivity index is 1.40. The van der Waals surface area contributed by atoms with Gasteiger partial charge in [0.1, 0.15) is 6.10 Å². The molecule has 8 atom stereocenters. The van der Waals surface area contributed by atoms with E-state index in [1.165, 1.54) is 39.2 Å². The van der Waals surface area contributed by atoms with Crippen molar-refractivity contribution in [3.8, 4) is 0 Å². The smallest absolute Gasteiger partial charge is 0.330 e. The van der Waals surface area contributed by atoms with Crippen molar-refractivity contribution in [1.82, 2.24) is 0 Å². The number of carbonyl (C=O) groups excluding carboxylic acids is 2. The number of allylic oxidation sites excluding steroid dienone is 1. The third kappa shape index (κ3) is 4.59. The van der Waals surface area contributed by atoms with E-state index in [4.69, 9.17) is 14.6 Å². The summed E-state index contributed by atoms with van der Waals surface area (Å²) < 4.78 is 10.5. The van der Waals surface area contributed by atoms with Gasteiger partial charge in [0.25, 0.3) is 0 Å². The molecule has 4 aliphatic carbocycles. The molecule has 0 aromatic rings. The second-order valence-corrected chi connectivity index (χ2v) is 11.5. The zero-order chi connectivity index (χ0) is 23.8. The Morgan fingerprint density at radius 2 is 1.67 bits per heavy atom. The molecule has 0 spiro atoms. The molecule has 0 heterocycles. The van der Waals surface area contributed by atoms with Crippen molar-refractivity contribution < 1.29 is 29.0 Å². The van der Waals surface area contributed by atoms with Crippen LogP contribution in [0.5, 0.6) is 0 Å². The van der Waals surface area contributed by atoms with Crippen molar-refractivity contribution in [2.24, 2.45) is 40.4 Å². The number of carbonyl (C=O) groups is 3. The summed E-state index contributed by atoms with van der Waals surface area (Å²) in [4.78, 5) is 34.5. The van der Waals surface area contributed by atoms with Crippen LogP contribution < -0.4 is 0 Å². The van der Waals surface area contributed by atoms with E-state index in [-0.39, 0.29) is 36.3 Å². The maximum Gasteiger partial charge on any atom is 0.330 e. The van der Waals surface area contributed by atoms with E-state index in [1.807, 2.05) is 0 Å². The van der Waals surface area contributed by atoms with Crippen LogP contribution >= 0.6 is 0 Å². The first-order valence-corrected chi connectivity index (χ1v) is 12.8. The molecule has 4 saturated carbocycles. The minimum Gasteiger partial charge on any atom is -0.481 e. The maximum absolute atomic E-state index is 12.1. The van der Waals surface area contributed by atoms with E-state index in [1.54, 1.807) is 6.08 Å². The topological polar surface area (TPSA) is 89.9 Å². The number of hydrogen-bond donors (Lipinski definition) is 1. The first-order chi connectivity index (χ1) is 15.7. The van der Waals surface area contributed by atoms with Crippen LogP contribution in [0, 0.1) is 40.4 Å². The lowest BCUT2D eigenvalue weighted by Gasteiger charge is -2.61. The highest BCUT2D eigenvalue weighted by atomic mass is 16.5. The number of hydrogen-bond acceptors (Lipinski definition) is 5. The summed E-state index contributed by atoms with van der Waals surface area (Å²) in [6.07, 6.45) is 13.7. The van der Waals surface area contributed by atoms with Crippen LogP contribution in [-0.2, 0) is 23.9 Å². The molecule has 33 heavy (non-hydrogen) atoms. The van der Waals surface area contributed by atoms with Crippen molar-refractivity contribution >= 4 is 17.9 Å². The van der Waals surface area contributed by atoms with Gasteiger partial charge < -0.3 is 14.6 Å². The van der Waals surface area contributed by atoms with Crippen LogP contribution in [0.15, 0.2) is 12.2 Å². The van der Waals surface area contributed by atoms with Crippen molar-refractivity contribution in [3.05, 3.63) is 12.2 Å². The number of methoxy groups -OCH3 is 1. The zero-order valence-electron chi connectivity index (χ0n) is 20.4. The number of rotatable bonds is 6. The summed E-state index contributed by atoms with van der Waals surface area (Å²) >= 11 is 0. The summed E-state index contributed by atoms with van der Waals surface area (Å²) in [5.74, 6) is 1.63. The van der Waals surface area contributed by atoms with Gasteiger partial charge in [0.2, 0.25) is 0 Å². The van der Waals surface area contributed by atoms with Crippen molar-refractivity contribution in [2.45, 2.75) is 90.6 Å². The SMILES string of the molecule is COC(=O)/C=C/[C@H]1CC[C@H]2[C@@H]3CC[C@@H]4C[C@@H](OC(=O)CCC(=O)O)CC[C@]4(C)[C@H]3CC[C@]12C. The Morgan fingerprint density at radius 1 is 0.939 bits per heavy atom. The molecule has 0 unspecified atom stereocenters. The third-order valence-corrected chi connectivity index (χ3v) is 10.2. The van der Waals surface area contributed by atoms with Gasteiger partial charge in [-0.25, -0.2) is 4.79 Å². The van der Waals surface area contributed by atoms with Gasteiger partial charge in [-0.1, -0.05) is 19.9 Å². The molecule has 184 valence electrons. The van der Waals surface area contributed by atoms with Gasteiger partial charge >= 0.3 is 17.9 Å². The Hall–Kier alpha value is -1.85. The molecule has 0 aromatic carbocycles. The molecule has 0 aliphatic heterocycles. The standard InChI is InChI=1S/C27H40O6/c1-26-15-13-22-20(21(26)8-5-17(26)6-10-24(30)32-3)7-4-18-16-19(12-14-27(18,22)2)33-25(31)11-9-23(28)29/h6,10,17-22H,4-5,7-9,11-16H2,1-3H3,(H,28,29)/b10-6+/t17-,18-,19+,20+,21+,22+,26-,27+/m1/s1. The summed E-state index contributed by atoms with van der Waals surface area (Å²) in [5.41, 5.74) is 0.569. The lowest BCUT2D eigenvalue weighted by molar-refractivity contribution is -0.163. The van der Waals surface area contributed by atoms with Crippen LogP contribution in [0.25, 0.3) is 0 Å².